The van der Waals surface area contributed by atoms with Crippen LogP contribution < -0.4 is 5.32 Å². The minimum Gasteiger partial charge on any atom is -0.310 e. The van der Waals surface area contributed by atoms with Crippen molar-refractivity contribution in [2.24, 2.45) is 0 Å². The van der Waals surface area contributed by atoms with Crippen LogP contribution in [-0.2, 0) is 10.2 Å². The van der Waals surface area contributed by atoms with Gasteiger partial charge in [0.25, 0.3) is 0 Å². The molecule has 98 valence electrons. The first kappa shape index (κ1) is 13.7. The van der Waals surface area contributed by atoms with E-state index in [-0.39, 0.29) is 5.91 Å². The second kappa shape index (κ2) is 5.53. The summed E-state index contributed by atoms with van der Waals surface area (Å²) in [5.41, 5.74) is 0.369. The summed E-state index contributed by atoms with van der Waals surface area (Å²) in [5.74, 6) is 0.465. The summed E-state index contributed by atoms with van der Waals surface area (Å²) in [4.78, 5) is 16.5. The van der Waals surface area contributed by atoms with Gasteiger partial charge < -0.3 is 5.32 Å². The molecule has 0 aliphatic rings. The molecule has 1 aromatic carbocycles. The number of anilines is 1. The van der Waals surface area contributed by atoms with E-state index in [0.717, 1.165) is 10.0 Å². The average molecular weight is 319 g/mol. The number of benzene rings is 1. The zero-order valence-corrected chi connectivity index (χ0v) is 12.4. The number of carbonyl (C=O) groups excluding carboxylic acids is 1. The van der Waals surface area contributed by atoms with E-state index in [0.29, 0.717) is 5.82 Å². The Morgan fingerprint density at radius 1 is 1.21 bits per heavy atom. The molecule has 0 fully saturated rings. The van der Waals surface area contributed by atoms with E-state index in [1.54, 1.807) is 12.3 Å². The number of nitrogens with zero attached hydrogens (tertiary/aromatic N) is 1. The van der Waals surface area contributed by atoms with Crippen molar-refractivity contribution < 1.29 is 4.79 Å². The molecule has 1 heterocycles. The molecule has 3 nitrogen and oxygen atoms in total. The predicted molar refractivity (Wildman–Crippen MR) is 80.0 cm³/mol. The molecule has 2 aromatic rings. The Labute approximate surface area is 121 Å². The zero-order valence-electron chi connectivity index (χ0n) is 10.9. The van der Waals surface area contributed by atoms with Gasteiger partial charge in [0.05, 0.1) is 5.41 Å². The van der Waals surface area contributed by atoms with Crippen LogP contribution in [0.15, 0.2) is 53.1 Å². The molecule has 0 radical (unpaired) electrons. The lowest BCUT2D eigenvalue weighted by Gasteiger charge is -2.23. The Morgan fingerprint density at radius 2 is 1.89 bits per heavy atom. The molecule has 0 saturated carbocycles. The standard InChI is InChI=1S/C15H15BrN2O/c1-15(2,11-6-4-3-5-7-11)14(19)18-13-10-12(16)8-9-17-13/h3-10H,1-2H3,(H,17,18,19). The van der Waals surface area contributed by atoms with E-state index < -0.39 is 5.41 Å². The van der Waals surface area contributed by atoms with Gasteiger partial charge in [-0.05, 0) is 31.5 Å². The Morgan fingerprint density at radius 3 is 2.53 bits per heavy atom. The molecule has 0 atom stereocenters. The molecule has 2 rings (SSSR count). The van der Waals surface area contributed by atoms with Gasteiger partial charge in [0.2, 0.25) is 5.91 Å². The SMILES string of the molecule is CC(C)(C(=O)Nc1cc(Br)ccn1)c1ccccc1. The summed E-state index contributed by atoms with van der Waals surface area (Å²) in [7, 11) is 0. The number of pyridine rings is 1. The first-order valence-corrected chi connectivity index (χ1v) is 6.78. The number of aromatic nitrogens is 1. The molecule has 0 bridgehead atoms. The number of amides is 1. The zero-order chi connectivity index (χ0) is 13.9. The summed E-state index contributed by atoms with van der Waals surface area (Å²) in [6.45, 7) is 3.80. The largest absolute Gasteiger partial charge is 0.310 e. The van der Waals surface area contributed by atoms with Crippen molar-refractivity contribution in [3.05, 3.63) is 58.7 Å². The molecule has 0 unspecified atom stereocenters. The van der Waals surface area contributed by atoms with Crippen LogP contribution in [0.25, 0.3) is 0 Å². The normalized spacial score (nSPS) is 11.1. The van der Waals surface area contributed by atoms with E-state index in [9.17, 15) is 4.79 Å². The molecule has 0 aliphatic carbocycles. The number of halogens is 1. The van der Waals surface area contributed by atoms with Crippen LogP contribution in [0.1, 0.15) is 19.4 Å². The molecule has 19 heavy (non-hydrogen) atoms. The maximum atomic E-state index is 12.4. The van der Waals surface area contributed by atoms with Gasteiger partial charge >= 0.3 is 0 Å². The van der Waals surface area contributed by atoms with Gasteiger partial charge in [-0.3, -0.25) is 4.79 Å². The highest BCUT2D eigenvalue weighted by Crippen LogP contribution is 2.25. The van der Waals surface area contributed by atoms with Crippen LogP contribution in [0, 0.1) is 0 Å². The maximum absolute atomic E-state index is 12.4. The number of hydrogen-bond acceptors (Lipinski definition) is 2. The second-order valence-electron chi connectivity index (χ2n) is 4.80. The third-order valence-corrected chi connectivity index (χ3v) is 3.52. The van der Waals surface area contributed by atoms with Crippen molar-refractivity contribution in [2.75, 3.05) is 5.32 Å². The summed E-state index contributed by atoms with van der Waals surface area (Å²) in [6.07, 6.45) is 1.65. The van der Waals surface area contributed by atoms with Crippen LogP contribution in [0.2, 0.25) is 0 Å². The maximum Gasteiger partial charge on any atom is 0.235 e. The highest BCUT2D eigenvalue weighted by molar-refractivity contribution is 9.10. The van der Waals surface area contributed by atoms with Crippen molar-refractivity contribution in [3.8, 4) is 0 Å². The first-order valence-electron chi connectivity index (χ1n) is 5.98. The first-order chi connectivity index (χ1) is 9.00. The molecule has 0 saturated heterocycles. The summed E-state index contributed by atoms with van der Waals surface area (Å²) in [6, 6.07) is 13.3. The van der Waals surface area contributed by atoms with Gasteiger partial charge in [-0.15, -0.1) is 0 Å². The lowest BCUT2D eigenvalue weighted by atomic mass is 9.84. The van der Waals surface area contributed by atoms with E-state index >= 15 is 0 Å². The van der Waals surface area contributed by atoms with E-state index in [1.165, 1.54) is 0 Å². The number of rotatable bonds is 3. The molecular weight excluding hydrogens is 304 g/mol. The Bertz CT molecular complexity index is 582. The van der Waals surface area contributed by atoms with E-state index in [1.807, 2.05) is 50.2 Å². The smallest absolute Gasteiger partial charge is 0.235 e. The van der Waals surface area contributed by atoms with Gasteiger partial charge in [0.15, 0.2) is 0 Å². The van der Waals surface area contributed by atoms with Gasteiger partial charge in [-0.2, -0.15) is 0 Å². The van der Waals surface area contributed by atoms with Crippen LogP contribution in [0.3, 0.4) is 0 Å². The molecule has 0 spiro atoms. The lowest BCUT2D eigenvalue weighted by molar-refractivity contribution is -0.120. The van der Waals surface area contributed by atoms with Crippen LogP contribution in [-0.4, -0.2) is 10.9 Å². The van der Waals surface area contributed by atoms with Crippen LogP contribution in [0.4, 0.5) is 5.82 Å². The third-order valence-electron chi connectivity index (χ3n) is 3.03. The third kappa shape index (κ3) is 3.20. The van der Waals surface area contributed by atoms with Gasteiger partial charge in [-0.25, -0.2) is 4.98 Å². The predicted octanol–water partition coefficient (Wildman–Crippen LogP) is 3.76. The Balaban J connectivity index is 2.20. The lowest BCUT2D eigenvalue weighted by Crippen LogP contribution is -2.34. The summed E-state index contributed by atoms with van der Waals surface area (Å²) >= 11 is 3.36. The van der Waals surface area contributed by atoms with Crippen molar-refractivity contribution in [1.82, 2.24) is 4.98 Å². The fraction of sp³-hybridized carbons (Fsp3) is 0.200. The minimum atomic E-state index is -0.606. The fourth-order valence-corrected chi connectivity index (χ4v) is 2.07. The molecular formula is C15H15BrN2O. The quantitative estimate of drug-likeness (QED) is 0.936. The Kier molecular flexibility index (Phi) is 4.00. The monoisotopic (exact) mass is 318 g/mol. The summed E-state index contributed by atoms with van der Waals surface area (Å²) < 4.78 is 0.885. The van der Waals surface area contributed by atoms with Crippen LogP contribution >= 0.6 is 15.9 Å². The highest BCUT2D eigenvalue weighted by Gasteiger charge is 2.29. The van der Waals surface area contributed by atoms with Crippen molar-refractivity contribution in [3.63, 3.8) is 0 Å². The van der Waals surface area contributed by atoms with Gasteiger partial charge in [0, 0.05) is 10.7 Å². The van der Waals surface area contributed by atoms with Crippen LogP contribution in [0.5, 0.6) is 0 Å². The van der Waals surface area contributed by atoms with Crippen molar-refractivity contribution in [1.29, 1.82) is 0 Å². The van der Waals surface area contributed by atoms with E-state index in [4.69, 9.17) is 0 Å². The van der Waals surface area contributed by atoms with Gasteiger partial charge in [-0.1, -0.05) is 46.3 Å². The Hall–Kier alpha value is -1.68. The molecule has 0 aliphatic heterocycles. The molecule has 1 aromatic heterocycles. The molecule has 1 N–H and O–H groups in total. The van der Waals surface area contributed by atoms with Crippen molar-refractivity contribution in [2.45, 2.75) is 19.3 Å². The topological polar surface area (TPSA) is 42.0 Å². The highest BCUT2D eigenvalue weighted by atomic mass is 79.9. The minimum absolute atomic E-state index is 0.0794. The number of hydrogen-bond donors (Lipinski definition) is 1. The average Bonchev–Trinajstić information content (AvgIpc) is 2.39. The molecule has 1 amide bonds. The molecule has 4 heteroatoms. The second-order valence-corrected chi connectivity index (χ2v) is 5.72. The van der Waals surface area contributed by atoms with Crippen molar-refractivity contribution >= 4 is 27.7 Å². The fourth-order valence-electron chi connectivity index (χ4n) is 1.73. The van der Waals surface area contributed by atoms with E-state index in [2.05, 4.69) is 26.2 Å². The number of nitrogens with one attached hydrogen (secondary N) is 1. The van der Waals surface area contributed by atoms with Gasteiger partial charge in [0.1, 0.15) is 5.82 Å². The number of carbonyl (C=O) groups is 1. The summed E-state index contributed by atoms with van der Waals surface area (Å²) in [5, 5.41) is 2.84.